The molecule has 19 heavy (non-hydrogen) atoms. The normalized spacial score (nSPS) is 23.1. The van der Waals surface area contributed by atoms with Gasteiger partial charge in [0.1, 0.15) is 0 Å². The second-order valence-corrected chi connectivity index (χ2v) is 4.74. The third-order valence-electron chi connectivity index (χ3n) is 3.38. The number of hydrogen-bond acceptors (Lipinski definition) is 2. The Hall–Kier alpha value is -1.27. The largest absolute Gasteiger partial charge is 0.481 e. The molecular weight excluding hydrogens is 263 g/mol. The summed E-state index contributed by atoms with van der Waals surface area (Å²) in [4.78, 5) is 23.8. The topological polar surface area (TPSA) is 57.6 Å². The molecule has 0 aromatic rings. The summed E-state index contributed by atoms with van der Waals surface area (Å²) < 4.78 is 37.2. The van der Waals surface area contributed by atoms with Crippen molar-refractivity contribution < 1.29 is 27.9 Å². The number of carboxylic acid groups (broad SMARTS) is 1. The van der Waals surface area contributed by atoms with Crippen LogP contribution in [0.5, 0.6) is 0 Å². The van der Waals surface area contributed by atoms with Crippen molar-refractivity contribution in [3.8, 4) is 0 Å². The first-order valence-electron chi connectivity index (χ1n) is 6.32. The molecule has 0 unspecified atom stereocenters. The first-order chi connectivity index (χ1) is 8.97. The van der Waals surface area contributed by atoms with Gasteiger partial charge >= 0.3 is 5.97 Å². The van der Waals surface area contributed by atoms with E-state index in [9.17, 15) is 22.8 Å². The molecule has 0 spiro atoms. The number of amides is 1. The lowest BCUT2D eigenvalue weighted by Crippen LogP contribution is -2.29. The zero-order valence-corrected chi connectivity index (χ0v) is 10.5. The highest BCUT2D eigenvalue weighted by Gasteiger charge is 2.44. The maximum absolute atomic E-state index is 12.7. The van der Waals surface area contributed by atoms with Crippen LogP contribution in [0.2, 0.25) is 0 Å². The molecule has 4 nitrogen and oxygen atoms in total. The molecule has 1 saturated heterocycles. The fraction of sp³-hybridized carbons (Fsp3) is 0.833. The van der Waals surface area contributed by atoms with E-state index in [1.54, 1.807) is 0 Å². The molecule has 1 N–H and O–H groups in total. The Balaban J connectivity index is 2.47. The number of aliphatic carboxylic acids is 1. The Labute approximate surface area is 109 Å². The summed E-state index contributed by atoms with van der Waals surface area (Å²) in [6.45, 7) is -0.810. The number of alkyl halides is 3. The van der Waals surface area contributed by atoms with Gasteiger partial charge in [0, 0.05) is 19.5 Å². The highest BCUT2D eigenvalue weighted by Crippen LogP contribution is 2.29. The molecule has 1 amide bonds. The van der Waals surface area contributed by atoms with E-state index in [1.807, 2.05) is 0 Å². The summed E-state index contributed by atoms with van der Waals surface area (Å²) in [5.74, 6) is -4.12. The van der Waals surface area contributed by atoms with Crippen molar-refractivity contribution >= 4 is 11.9 Å². The number of likely N-dealkylation sites (tertiary alicyclic amines) is 1. The zero-order valence-electron chi connectivity index (χ0n) is 10.5. The quantitative estimate of drug-likeness (QED) is 0.726. The van der Waals surface area contributed by atoms with Gasteiger partial charge in [-0.3, -0.25) is 14.0 Å². The number of unbranched alkanes of at least 4 members (excludes halogenated alkanes) is 2. The minimum absolute atomic E-state index is 0.155. The van der Waals surface area contributed by atoms with E-state index in [0.29, 0.717) is 19.3 Å². The lowest BCUT2D eigenvalue weighted by molar-refractivity contribution is -0.144. The number of hydrogen-bond donors (Lipinski definition) is 1. The third-order valence-corrected chi connectivity index (χ3v) is 3.38. The summed E-state index contributed by atoms with van der Waals surface area (Å²) in [5, 5.41) is 8.87. The average Bonchev–Trinajstić information content (AvgIpc) is 2.79. The predicted molar refractivity (Wildman–Crippen MR) is 61.6 cm³/mol. The van der Waals surface area contributed by atoms with Gasteiger partial charge in [0.25, 0.3) is 0 Å². The van der Waals surface area contributed by atoms with E-state index in [4.69, 9.17) is 5.11 Å². The molecule has 1 aliphatic rings. The minimum Gasteiger partial charge on any atom is -0.481 e. The first-order valence-corrected chi connectivity index (χ1v) is 6.32. The van der Waals surface area contributed by atoms with Crippen molar-refractivity contribution in [2.45, 2.75) is 32.1 Å². The van der Waals surface area contributed by atoms with Crippen LogP contribution in [-0.2, 0) is 9.59 Å². The molecule has 2 atom stereocenters. The molecule has 0 aromatic heterocycles. The second kappa shape index (κ2) is 7.35. The Kier molecular flexibility index (Phi) is 6.11. The molecule has 1 aliphatic heterocycles. The van der Waals surface area contributed by atoms with Crippen LogP contribution in [0.3, 0.4) is 0 Å². The third kappa shape index (κ3) is 4.40. The van der Waals surface area contributed by atoms with E-state index < -0.39 is 30.9 Å². The van der Waals surface area contributed by atoms with Gasteiger partial charge in [0.2, 0.25) is 12.3 Å². The Morgan fingerprint density at radius 2 is 1.89 bits per heavy atom. The standard InChI is InChI=1S/C12H18F3NO3/c13-5-3-1-2-4-10(17)16-6-8(11(14)15)9(7-16)12(18)19/h8-9,11H,1-7H2,(H,18,19)/t8-,9-/m1/s1. The van der Waals surface area contributed by atoms with E-state index in [1.165, 1.54) is 4.90 Å². The molecule has 0 aromatic carbocycles. The average molecular weight is 281 g/mol. The van der Waals surface area contributed by atoms with Crippen molar-refractivity contribution in [3.63, 3.8) is 0 Å². The molecule has 1 rings (SSSR count). The van der Waals surface area contributed by atoms with Gasteiger partial charge in [-0.25, -0.2) is 8.78 Å². The van der Waals surface area contributed by atoms with E-state index >= 15 is 0 Å². The molecule has 1 fully saturated rings. The van der Waals surface area contributed by atoms with Gasteiger partial charge in [-0.2, -0.15) is 0 Å². The van der Waals surface area contributed by atoms with Crippen LogP contribution in [0, 0.1) is 11.8 Å². The SMILES string of the molecule is O=C(O)[C@@H]1CN(C(=O)CCCCCF)C[C@H]1C(F)F. The summed E-state index contributed by atoms with van der Waals surface area (Å²) in [6, 6.07) is 0. The van der Waals surface area contributed by atoms with E-state index in [2.05, 4.69) is 0 Å². The fourth-order valence-corrected chi connectivity index (χ4v) is 2.25. The highest BCUT2D eigenvalue weighted by molar-refractivity contribution is 5.79. The van der Waals surface area contributed by atoms with Gasteiger partial charge in [0.05, 0.1) is 18.5 Å². The van der Waals surface area contributed by atoms with Crippen LogP contribution in [0.25, 0.3) is 0 Å². The van der Waals surface area contributed by atoms with Crippen LogP contribution in [0.1, 0.15) is 25.7 Å². The summed E-state index contributed by atoms with van der Waals surface area (Å²) in [7, 11) is 0. The number of carbonyl (C=O) groups excluding carboxylic acids is 1. The lowest BCUT2D eigenvalue weighted by Gasteiger charge is -2.15. The monoisotopic (exact) mass is 281 g/mol. The second-order valence-electron chi connectivity index (χ2n) is 4.74. The van der Waals surface area contributed by atoms with Crippen LogP contribution in [0.4, 0.5) is 13.2 Å². The van der Waals surface area contributed by atoms with Crippen molar-refractivity contribution in [1.82, 2.24) is 4.90 Å². The number of halogens is 3. The van der Waals surface area contributed by atoms with Crippen LogP contribution in [0.15, 0.2) is 0 Å². The van der Waals surface area contributed by atoms with E-state index in [0.717, 1.165) is 0 Å². The van der Waals surface area contributed by atoms with Crippen molar-refractivity contribution in [1.29, 1.82) is 0 Å². The Morgan fingerprint density at radius 3 is 2.37 bits per heavy atom. The van der Waals surface area contributed by atoms with Gasteiger partial charge in [0.15, 0.2) is 0 Å². The van der Waals surface area contributed by atoms with Gasteiger partial charge in [-0.05, 0) is 12.8 Å². The Morgan fingerprint density at radius 1 is 1.21 bits per heavy atom. The van der Waals surface area contributed by atoms with Crippen LogP contribution < -0.4 is 0 Å². The van der Waals surface area contributed by atoms with Crippen LogP contribution in [-0.4, -0.2) is 48.1 Å². The molecule has 0 aliphatic carbocycles. The fourth-order valence-electron chi connectivity index (χ4n) is 2.25. The Bertz CT molecular complexity index is 325. The maximum atomic E-state index is 12.7. The summed E-state index contributed by atoms with van der Waals surface area (Å²) in [6.07, 6.45) is -1.15. The first kappa shape index (κ1) is 15.8. The van der Waals surface area contributed by atoms with Crippen molar-refractivity contribution in [2.24, 2.45) is 11.8 Å². The summed E-state index contributed by atoms with van der Waals surface area (Å²) in [5.41, 5.74) is 0. The minimum atomic E-state index is -2.74. The lowest BCUT2D eigenvalue weighted by atomic mass is 9.97. The number of nitrogens with zero attached hydrogens (tertiary/aromatic N) is 1. The van der Waals surface area contributed by atoms with Crippen LogP contribution >= 0.6 is 0 Å². The predicted octanol–water partition coefficient (Wildman–Crippen LogP) is 1.94. The molecule has 0 bridgehead atoms. The molecule has 1 heterocycles. The number of carboxylic acids is 1. The highest BCUT2D eigenvalue weighted by atomic mass is 19.3. The summed E-state index contributed by atoms with van der Waals surface area (Å²) >= 11 is 0. The molecular formula is C12H18F3NO3. The van der Waals surface area contributed by atoms with Crippen molar-refractivity contribution in [3.05, 3.63) is 0 Å². The van der Waals surface area contributed by atoms with Gasteiger partial charge in [-0.15, -0.1) is 0 Å². The maximum Gasteiger partial charge on any atom is 0.308 e. The van der Waals surface area contributed by atoms with Gasteiger partial charge in [-0.1, -0.05) is 6.42 Å². The molecule has 110 valence electrons. The van der Waals surface area contributed by atoms with E-state index in [-0.39, 0.29) is 25.4 Å². The zero-order chi connectivity index (χ0) is 14.4. The molecule has 0 saturated carbocycles. The van der Waals surface area contributed by atoms with Gasteiger partial charge < -0.3 is 10.0 Å². The number of rotatable bonds is 7. The molecule has 0 radical (unpaired) electrons. The number of carbonyl (C=O) groups is 2. The van der Waals surface area contributed by atoms with Crippen molar-refractivity contribution in [2.75, 3.05) is 19.8 Å². The molecule has 7 heteroatoms. The smallest absolute Gasteiger partial charge is 0.308 e.